The molecule has 1 aromatic carbocycles. The molecule has 10 nitrogen and oxygen atoms in total. The summed E-state index contributed by atoms with van der Waals surface area (Å²) in [6, 6.07) is 4.49. The minimum atomic E-state index is -0.726. The van der Waals surface area contributed by atoms with E-state index in [9.17, 15) is 19.5 Å². The number of imidazole rings is 1. The molecule has 3 aromatic rings. The molecular formula is C17H18N4O6. The first-order chi connectivity index (χ1) is 12.9. The number of hydrogen-bond donors (Lipinski definition) is 1. The van der Waals surface area contributed by atoms with Crippen LogP contribution < -0.4 is 16.0 Å². The van der Waals surface area contributed by atoms with Crippen LogP contribution in [-0.2, 0) is 25.4 Å². The van der Waals surface area contributed by atoms with Crippen molar-refractivity contribution in [3.05, 3.63) is 50.9 Å². The van der Waals surface area contributed by atoms with Crippen LogP contribution in [0.25, 0.3) is 11.2 Å². The van der Waals surface area contributed by atoms with Gasteiger partial charge in [-0.2, -0.15) is 0 Å². The number of hydrogen-bond acceptors (Lipinski definition) is 7. The predicted octanol–water partition coefficient (Wildman–Crippen LogP) is 0.00490. The Labute approximate surface area is 152 Å². The lowest BCUT2D eigenvalue weighted by molar-refractivity contribution is 0.0488. The lowest BCUT2D eigenvalue weighted by atomic mass is 10.2. The van der Waals surface area contributed by atoms with Gasteiger partial charge in [-0.05, 0) is 12.1 Å². The summed E-state index contributed by atoms with van der Waals surface area (Å²) in [5.74, 6) is -0.868. The smallest absolute Gasteiger partial charge is 0.342 e. The average Bonchev–Trinajstić information content (AvgIpc) is 3.08. The number of aromatic hydroxyl groups is 1. The number of methoxy groups -OCH3 is 1. The van der Waals surface area contributed by atoms with Gasteiger partial charge in [0.25, 0.3) is 5.56 Å². The van der Waals surface area contributed by atoms with E-state index >= 15 is 0 Å². The number of fused-ring (bicyclic) bond motifs is 1. The third kappa shape index (κ3) is 3.05. The molecule has 0 aliphatic carbocycles. The summed E-state index contributed by atoms with van der Waals surface area (Å²) < 4.78 is 13.9. The number of aromatic nitrogens is 4. The molecule has 2 heterocycles. The number of ether oxygens (including phenoxy) is 2. The minimum absolute atomic E-state index is 0.0249. The van der Waals surface area contributed by atoms with Gasteiger partial charge in [0.2, 0.25) is 0 Å². The van der Waals surface area contributed by atoms with Crippen LogP contribution >= 0.6 is 0 Å². The standard InChI is InChI=1S/C17H18N4O6/c1-19-14-12(15(23)20(2)17(19)25)21(9-18-14)7-8-27-16(24)10-5-4-6-11(26-3)13(10)22/h4-6,9,22H,7-8H2,1-3H3. The summed E-state index contributed by atoms with van der Waals surface area (Å²) >= 11 is 0. The SMILES string of the molecule is COc1cccc(C(=O)OCCn2cnc3c2c(=O)n(C)c(=O)n3C)c1O. The Kier molecular flexibility index (Phi) is 4.72. The summed E-state index contributed by atoms with van der Waals surface area (Å²) in [7, 11) is 4.28. The summed E-state index contributed by atoms with van der Waals surface area (Å²) in [4.78, 5) is 40.5. The highest BCUT2D eigenvalue weighted by atomic mass is 16.5. The fraction of sp³-hybridized carbons (Fsp3) is 0.294. The Morgan fingerprint density at radius 3 is 2.67 bits per heavy atom. The number of rotatable bonds is 5. The zero-order valence-corrected chi connectivity index (χ0v) is 15.0. The van der Waals surface area contributed by atoms with Gasteiger partial charge in [-0.1, -0.05) is 6.07 Å². The van der Waals surface area contributed by atoms with Crippen molar-refractivity contribution in [1.82, 2.24) is 18.7 Å². The topological polar surface area (TPSA) is 118 Å². The highest BCUT2D eigenvalue weighted by Crippen LogP contribution is 2.29. The van der Waals surface area contributed by atoms with Crippen LogP contribution in [0, 0.1) is 0 Å². The molecule has 0 fully saturated rings. The summed E-state index contributed by atoms with van der Waals surface area (Å²) in [6.07, 6.45) is 1.41. The van der Waals surface area contributed by atoms with E-state index in [1.165, 1.54) is 48.8 Å². The van der Waals surface area contributed by atoms with Crippen molar-refractivity contribution in [2.45, 2.75) is 6.54 Å². The summed E-state index contributed by atoms with van der Waals surface area (Å²) in [6.45, 7) is 0.0906. The van der Waals surface area contributed by atoms with Crippen LogP contribution in [0.3, 0.4) is 0 Å². The first kappa shape index (κ1) is 18.2. The van der Waals surface area contributed by atoms with Crippen molar-refractivity contribution < 1.29 is 19.4 Å². The Balaban J connectivity index is 1.80. The molecule has 0 aliphatic rings. The second-order valence-electron chi connectivity index (χ2n) is 5.81. The number of para-hydroxylation sites is 1. The maximum atomic E-state index is 12.4. The number of phenols is 1. The van der Waals surface area contributed by atoms with Crippen molar-refractivity contribution >= 4 is 17.1 Å². The molecule has 0 aliphatic heterocycles. The molecule has 0 atom stereocenters. The van der Waals surface area contributed by atoms with E-state index in [1.807, 2.05) is 0 Å². The molecule has 0 saturated carbocycles. The second-order valence-corrected chi connectivity index (χ2v) is 5.81. The van der Waals surface area contributed by atoms with Gasteiger partial charge < -0.3 is 19.1 Å². The van der Waals surface area contributed by atoms with E-state index in [1.54, 1.807) is 6.07 Å². The van der Waals surface area contributed by atoms with Crippen molar-refractivity contribution in [3.8, 4) is 11.5 Å². The Morgan fingerprint density at radius 1 is 1.22 bits per heavy atom. The van der Waals surface area contributed by atoms with E-state index in [2.05, 4.69) is 4.98 Å². The highest BCUT2D eigenvalue weighted by Gasteiger charge is 2.17. The lowest BCUT2D eigenvalue weighted by Crippen LogP contribution is -2.37. The predicted molar refractivity (Wildman–Crippen MR) is 95.2 cm³/mol. The van der Waals surface area contributed by atoms with Crippen molar-refractivity contribution in [3.63, 3.8) is 0 Å². The fourth-order valence-electron chi connectivity index (χ4n) is 2.73. The third-order valence-electron chi connectivity index (χ3n) is 4.22. The van der Waals surface area contributed by atoms with Gasteiger partial charge in [0.1, 0.15) is 12.2 Å². The molecule has 0 spiro atoms. The molecule has 0 radical (unpaired) electrons. The normalized spacial score (nSPS) is 10.9. The molecule has 142 valence electrons. The number of carbonyl (C=O) groups excluding carboxylic acids is 1. The maximum Gasteiger partial charge on any atom is 0.342 e. The molecule has 10 heteroatoms. The number of esters is 1. The first-order valence-corrected chi connectivity index (χ1v) is 8.00. The molecular weight excluding hydrogens is 356 g/mol. The molecule has 0 saturated heterocycles. The van der Waals surface area contributed by atoms with Gasteiger partial charge in [-0.3, -0.25) is 13.9 Å². The van der Waals surface area contributed by atoms with Crippen molar-refractivity contribution in [2.75, 3.05) is 13.7 Å². The van der Waals surface area contributed by atoms with E-state index in [-0.39, 0.29) is 41.4 Å². The van der Waals surface area contributed by atoms with Gasteiger partial charge in [0, 0.05) is 14.1 Å². The highest BCUT2D eigenvalue weighted by molar-refractivity contribution is 5.93. The quantitative estimate of drug-likeness (QED) is 0.625. The van der Waals surface area contributed by atoms with Crippen molar-refractivity contribution in [2.24, 2.45) is 14.1 Å². The van der Waals surface area contributed by atoms with E-state index in [0.29, 0.717) is 0 Å². The zero-order valence-electron chi connectivity index (χ0n) is 15.0. The summed E-state index contributed by atoms with van der Waals surface area (Å²) in [5, 5.41) is 9.99. The van der Waals surface area contributed by atoms with Crippen LogP contribution in [0.2, 0.25) is 0 Å². The van der Waals surface area contributed by atoms with E-state index in [4.69, 9.17) is 9.47 Å². The molecule has 0 bridgehead atoms. The van der Waals surface area contributed by atoms with Crippen LogP contribution in [0.4, 0.5) is 0 Å². The summed E-state index contributed by atoms with van der Waals surface area (Å²) in [5.41, 5.74) is -0.497. The number of phenolic OH excluding ortho intramolecular Hbond substituents is 1. The van der Waals surface area contributed by atoms with Gasteiger partial charge in [-0.15, -0.1) is 0 Å². The maximum absolute atomic E-state index is 12.4. The van der Waals surface area contributed by atoms with Gasteiger partial charge >= 0.3 is 11.7 Å². The zero-order chi connectivity index (χ0) is 19.7. The van der Waals surface area contributed by atoms with Crippen LogP contribution in [0.5, 0.6) is 11.5 Å². The van der Waals surface area contributed by atoms with Crippen LogP contribution in [0.1, 0.15) is 10.4 Å². The van der Waals surface area contributed by atoms with Crippen molar-refractivity contribution in [1.29, 1.82) is 0 Å². The number of benzene rings is 1. The number of carbonyl (C=O) groups is 1. The average molecular weight is 374 g/mol. The monoisotopic (exact) mass is 374 g/mol. The lowest BCUT2D eigenvalue weighted by Gasteiger charge is -2.10. The van der Waals surface area contributed by atoms with E-state index < -0.39 is 17.2 Å². The number of aryl methyl sites for hydroxylation is 1. The van der Waals surface area contributed by atoms with Gasteiger partial charge in [-0.25, -0.2) is 14.6 Å². The Bertz CT molecular complexity index is 1140. The molecule has 2 aromatic heterocycles. The van der Waals surface area contributed by atoms with Crippen LogP contribution in [-0.4, -0.2) is 43.5 Å². The first-order valence-electron chi connectivity index (χ1n) is 8.00. The molecule has 0 amide bonds. The largest absolute Gasteiger partial charge is 0.504 e. The Hall–Kier alpha value is -3.56. The Morgan fingerprint density at radius 2 is 1.96 bits per heavy atom. The molecule has 1 N–H and O–H groups in total. The van der Waals surface area contributed by atoms with Gasteiger partial charge in [0.05, 0.1) is 20.0 Å². The molecule has 27 heavy (non-hydrogen) atoms. The van der Waals surface area contributed by atoms with E-state index in [0.717, 1.165) is 4.57 Å². The number of nitrogens with zero attached hydrogens (tertiary/aromatic N) is 4. The van der Waals surface area contributed by atoms with Gasteiger partial charge in [0.15, 0.2) is 22.7 Å². The van der Waals surface area contributed by atoms with Crippen LogP contribution in [0.15, 0.2) is 34.1 Å². The third-order valence-corrected chi connectivity index (χ3v) is 4.22. The second kappa shape index (κ2) is 6.98. The minimum Gasteiger partial charge on any atom is -0.504 e. The molecule has 0 unspecified atom stereocenters. The molecule has 3 rings (SSSR count). The fourth-order valence-corrected chi connectivity index (χ4v) is 2.73.